The highest BCUT2D eigenvalue weighted by atomic mass is 16.5. The maximum Gasteiger partial charge on any atom is 0.157 e. The van der Waals surface area contributed by atoms with Crippen molar-refractivity contribution >= 4 is 5.78 Å². The number of methoxy groups -OCH3 is 1. The van der Waals surface area contributed by atoms with E-state index in [9.17, 15) is 4.79 Å². The Morgan fingerprint density at radius 2 is 2.38 bits per heavy atom. The molecule has 0 spiro atoms. The number of ether oxygens (including phenoxy) is 1. The van der Waals surface area contributed by atoms with Crippen LogP contribution in [-0.4, -0.2) is 25.5 Å². The highest BCUT2D eigenvalue weighted by molar-refractivity contribution is 5.92. The van der Waals surface area contributed by atoms with E-state index in [1.807, 2.05) is 0 Å². The molecule has 0 aromatic heterocycles. The van der Waals surface area contributed by atoms with Crippen LogP contribution in [0.5, 0.6) is 0 Å². The fourth-order valence-corrected chi connectivity index (χ4v) is 1.39. The summed E-state index contributed by atoms with van der Waals surface area (Å²) in [5.41, 5.74) is 1.08. The van der Waals surface area contributed by atoms with Crippen molar-refractivity contribution in [1.29, 1.82) is 0 Å². The normalized spacial score (nSPS) is 18.6. The van der Waals surface area contributed by atoms with Gasteiger partial charge < -0.3 is 10.1 Å². The fraction of sp³-hybridized carbons (Fsp3) is 0.700. The Morgan fingerprint density at radius 1 is 1.62 bits per heavy atom. The van der Waals surface area contributed by atoms with Crippen molar-refractivity contribution in [2.45, 2.75) is 32.2 Å². The summed E-state index contributed by atoms with van der Waals surface area (Å²) in [6.07, 6.45) is 4.22. The SMILES string of the molecule is COCCC(C)NC1=CC(=O)CC1. The van der Waals surface area contributed by atoms with Gasteiger partial charge in [0.15, 0.2) is 5.78 Å². The first-order chi connectivity index (χ1) is 6.22. The van der Waals surface area contributed by atoms with Crippen molar-refractivity contribution in [2.75, 3.05) is 13.7 Å². The minimum atomic E-state index is 0.237. The molecule has 1 unspecified atom stereocenters. The van der Waals surface area contributed by atoms with Crippen LogP contribution >= 0.6 is 0 Å². The zero-order chi connectivity index (χ0) is 9.68. The zero-order valence-corrected chi connectivity index (χ0v) is 8.30. The lowest BCUT2D eigenvalue weighted by Gasteiger charge is -2.14. The van der Waals surface area contributed by atoms with Crippen LogP contribution in [0.3, 0.4) is 0 Å². The molecule has 1 atom stereocenters. The lowest BCUT2D eigenvalue weighted by molar-refractivity contribution is -0.114. The van der Waals surface area contributed by atoms with Gasteiger partial charge in [-0.2, -0.15) is 0 Å². The summed E-state index contributed by atoms with van der Waals surface area (Å²) in [5, 5.41) is 3.30. The van der Waals surface area contributed by atoms with Crippen LogP contribution in [0.4, 0.5) is 0 Å². The molecule has 0 aliphatic heterocycles. The van der Waals surface area contributed by atoms with E-state index in [0.29, 0.717) is 12.5 Å². The highest BCUT2D eigenvalue weighted by Crippen LogP contribution is 2.12. The number of carbonyl (C=O) groups excluding carboxylic acids is 1. The van der Waals surface area contributed by atoms with Gasteiger partial charge in [0.2, 0.25) is 0 Å². The molecule has 1 aliphatic rings. The molecule has 0 aromatic rings. The predicted molar refractivity (Wildman–Crippen MR) is 51.4 cm³/mol. The molecule has 0 aromatic carbocycles. The van der Waals surface area contributed by atoms with E-state index in [1.165, 1.54) is 0 Å². The number of allylic oxidation sites excluding steroid dienone is 2. The Hall–Kier alpha value is -0.830. The van der Waals surface area contributed by atoms with Gasteiger partial charge in [-0.05, 0) is 19.8 Å². The molecule has 0 radical (unpaired) electrons. The minimum absolute atomic E-state index is 0.237. The van der Waals surface area contributed by atoms with Gasteiger partial charge in [0.05, 0.1) is 0 Å². The summed E-state index contributed by atoms with van der Waals surface area (Å²) < 4.78 is 4.97. The summed E-state index contributed by atoms with van der Waals surface area (Å²) in [4.78, 5) is 10.9. The largest absolute Gasteiger partial charge is 0.386 e. The van der Waals surface area contributed by atoms with Crippen LogP contribution in [0, 0.1) is 0 Å². The second kappa shape index (κ2) is 5.02. The average Bonchev–Trinajstić information content (AvgIpc) is 2.48. The number of carbonyl (C=O) groups is 1. The first-order valence-corrected chi connectivity index (χ1v) is 4.71. The van der Waals surface area contributed by atoms with Crippen LogP contribution in [0.1, 0.15) is 26.2 Å². The molecule has 74 valence electrons. The number of rotatable bonds is 5. The molecule has 0 bridgehead atoms. The summed E-state index contributed by atoms with van der Waals surface area (Å²) in [7, 11) is 1.70. The van der Waals surface area contributed by atoms with E-state index in [-0.39, 0.29) is 5.78 Å². The Kier molecular flexibility index (Phi) is 3.96. The first kappa shape index (κ1) is 10.3. The summed E-state index contributed by atoms with van der Waals surface area (Å²) in [6, 6.07) is 0.386. The van der Waals surface area contributed by atoms with E-state index in [1.54, 1.807) is 13.2 Å². The molecule has 1 rings (SSSR count). The molecule has 0 saturated heterocycles. The molecule has 0 fully saturated rings. The number of hydrogen-bond donors (Lipinski definition) is 1. The van der Waals surface area contributed by atoms with Crippen molar-refractivity contribution in [2.24, 2.45) is 0 Å². The van der Waals surface area contributed by atoms with Gasteiger partial charge >= 0.3 is 0 Å². The van der Waals surface area contributed by atoms with Gasteiger partial charge in [-0.3, -0.25) is 4.79 Å². The number of hydrogen-bond acceptors (Lipinski definition) is 3. The third kappa shape index (κ3) is 3.59. The molecule has 0 amide bonds. The minimum Gasteiger partial charge on any atom is -0.386 e. The Balaban J connectivity index is 2.24. The van der Waals surface area contributed by atoms with Crippen LogP contribution in [0.2, 0.25) is 0 Å². The first-order valence-electron chi connectivity index (χ1n) is 4.71. The van der Waals surface area contributed by atoms with Crippen LogP contribution in [0.25, 0.3) is 0 Å². The molecule has 3 heteroatoms. The fourth-order valence-electron chi connectivity index (χ4n) is 1.39. The standard InChI is InChI=1S/C10H17NO2/c1-8(5-6-13-2)11-9-3-4-10(12)7-9/h7-8,11H,3-6H2,1-2H3. The van der Waals surface area contributed by atoms with Crippen molar-refractivity contribution < 1.29 is 9.53 Å². The van der Waals surface area contributed by atoms with Gasteiger partial charge in [0, 0.05) is 38.0 Å². The molecule has 1 aliphatic carbocycles. The molecule has 1 N–H and O–H groups in total. The van der Waals surface area contributed by atoms with Gasteiger partial charge in [-0.1, -0.05) is 0 Å². The van der Waals surface area contributed by atoms with E-state index in [0.717, 1.165) is 25.1 Å². The highest BCUT2D eigenvalue weighted by Gasteiger charge is 2.13. The molecule has 0 saturated carbocycles. The van der Waals surface area contributed by atoms with E-state index in [2.05, 4.69) is 12.2 Å². The van der Waals surface area contributed by atoms with Gasteiger partial charge in [-0.25, -0.2) is 0 Å². The van der Waals surface area contributed by atoms with Crippen LogP contribution in [-0.2, 0) is 9.53 Å². The quantitative estimate of drug-likeness (QED) is 0.697. The van der Waals surface area contributed by atoms with Crippen LogP contribution in [0.15, 0.2) is 11.8 Å². The monoisotopic (exact) mass is 183 g/mol. The molecule has 13 heavy (non-hydrogen) atoms. The van der Waals surface area contributed by atoms with Gasteiger partial charge in [0.25, 0.3) is 0 Å². The molecule has 3 nitrogen and oxygen atoms in total. The average molecular weight is 183 g/mol. The number of nitrogens with one attached hydrogen (secondary N) is 1. The van der Waals surface area contributed by atoms with Crippen molar-refractivity contribution in [3.63, 3.8) is 0 Å². The second-order valence-electron chi connectivity index (χ2n) is 3.46. The van der Waals surface area contributed by atoms with E-state index in [4.69, 9.17) is 4.74 Å². The lowest BCUT2D eigenvalue weighted by atomic mass is 10.2. The van der Waals surface area contributed by atoms with E-state index < -0.39 is 0 Å². The Morgan fingerprint density at radius 3 is 2.92 bits per heavy atom. The van der Waals surface area contributed by atoms with Crippen LogP contribution < -0.4 is 5.32 Å². The number of ketones is 1. The molecular weight excluding hydrogens is 166 g/mol. The molecule has 0 heterocycles. The lowest BCUT2D eigenvalue weighted by Crippen LogP contribution is -2.25. The molecular formula is C10H17NO2. The summed E-state index contributed by atoms with van der Waals surface area (Å²) >= 11 is 0. The van der Waals surface area contributed by atoms with E-state index >= 15 is 0 Å². The smallest absolute Gasteiger partial charge is 0.157 e. The van der Waals surface area contributed by atoms with Crippen molar-refractivity contribution in [3.8, 4) is 0 Å². The Labute approximate surface area is 79.2 Å². The van der Waals surface area contributed by atoms with Gasteiger partial charge in [-0.15, -0.1) is 0 Å². The third-order valence-corrected chi connectivity index (χ3v) is 2.16. The maximum absolute atomic E-state index is 10.9. The van der Waals surface area contributed by atoms with Crippen molar-refractivity contribution in [3.05, 3.63) is 11.8 Å². The predicted octanol–water partition coefficient (Wildman–Crippen LogP) is 1.25. The van der Waals surface area contributed by atoms with Crippen molar-refractivity contribution in [1.82, 2.24) is 5.32 Å². The van der Waals surface area contributed by atoms with Gasteiger partial charge in [0.1, 0.15) is 0 Å². The summed E-state index contributed by atoms with van der Waals surface area (Å²) in [6.45, 7) is 2.86. The maximum atomic E-state index is 10.9. The summed E-state index contributed by atoms with van der Waals surface area (Å²) in [5.74, 6) is 0.237. The zero-order valence-electron chi connectivity index (χ0n) is 8.30. The Bertz CT molecular complexity index is 211. The third-order valence-electron chi connectivity index (χ3n) is 2.16. The topological polar surface area (TPSA) is 38.3 Å². The second-order valence-corrected chi connectivity index (χ2v) is 3.46.